The van der Waals surface area contributed by atoms with E-state index in [0.717, 1.165) is 29.2 Å². The van der Waals surface area contributed by atoms with Gasteiger partial charge in [-0.2, -0.15) is 5.10 Å². The maximum Gasteiger partial charge on any atom is 0.261 e. The van der Waals surface area contributed by atoms with Crippen molar-refractivity contribution in [1.82, 2.24) is 9.78 Å². The Morgan fingerprint density at radius 1 is 1.15 bits per heavy atom. The first kappa shape index (κ1) is 16.4. The van der Waals surface area contributed by atoms with E-state index in [2.05, 4.69) is 12.0 Å². The highest BCUT2D eigenvalue weighted by Gasteiger charge is 2.31. The van der Waals surface area contributed by atoms with Gasteiger partial charge in [0.15, 0.2) is 0 Å². The third-order valence-corrected chi connectivity index (χ3v) is 4.78. The number of benzene rings is 2. The van der Waals surface area contributed by atoms with Crippen molar-refractivity contribution in [3.05, 3.63) is 72.1 Å². The van der Waals surface area contributed by atoms with Crippen molar-refractivity contribution in [1.29, 1.82) is 0 Å². The molecule has 2 heterocycles. The zero-order chi connectivity index (χ0) is 18.1. The molecule has 0 radical (unpaired) electrons. The van der Waals surface area contributed by atoms with Gasteiger partial charge in [0.25, 0.3) is 5.91 Å². The van der Waals surface area contributed by atoms with Crippen molar-refractivity contribution in [2.45, 2.75) is 26.4 Å². The number of carbonyl (C=O) groups excluding carboxylic acids is 1. The van der Waals surface area contributed by atoms with E-state index in [1.807, 2.05) is 66.4 Å². The van der Waals surface area contributed by atoms with Gasteiger partial charge >= 0.3 is 0 Å². The summed E-state index contributed by atoms with van der Waals surface area (Å²) in [5, 5.41) is 4.43. The minimum Gasteiger partial charge on any atom is -0.486 e. The van der Waals surface area contributed by atoms with Crippen molar-refractivity contribution in [2.75, 3.05) is 11.4 Å². The summed E-state index contributed by atoms with van der Waals surface area (Å²) in [6, 6.07) is 17.5. The van der Waals surface area contributed by atoms with Gasteiger partial charge in [0.05, 0.1) is 35.4 Å². The van der Waals surface area contributed by atoms with Gasteiger partial charge in [0.1, 0.15) is 11.9 Å². The van der Waals surface area contributed by atoms with Crippen LogP contribution in [0.4, 0.5) is 5.69 Å². The number of rotatable bonds is 3. The van der Waals surface area contributed by atoms with Crippen LogP contribution in [-0.2, 0) is 0 Å². The second-order valence-corrected chi connectivity index (χ2v) is 6.42. The van der Waals surface area contributed by atoms with Crippen molar-refractivity contribution in [2.24, 2.45) is 0 Å². The Bertz CT molecular complexity index is 933. The van der Waals surface area contributed by atoms with Crippen molar-refractivity contribution >= 4 is 11.6 Å². The van der Waals surface area contributed by atoms with Crippen LogP contribution in [0.15, 0.2) is 60.8 Å². The molecular formula is C21H21N3O2. The number of aromatic nitrogens is 2. The molecule has 5 nitrogen and oxygen atoms in total. The zero-order valence-electron chi connectivity index (χ0n) is 14.9. The Balaban J connectivity index is 1.71. The van der Waals surface area contributed by atoms with Crippen molar-refractivity contribution in [3.8, 4) is 11.4 Å². The summed E-state index contributed by atoms with van der Waals surface area (Å²) < 4.78 is 7.79. The van der Waals surface area contributed by atoms with Gasteiger partial charge in [-0.3, -0.25) is 4.79 Å². The Morgan fingerprint density at radius 3 is 2.65 bits per heavy atom. The summed E-state index contributed by atoms with van der Waals surface area (Å²) in [5.41, 5.74) is 3.20. The Hall–Kier alpha value is -3.08. The second-order valence-electron chi connectivity index (χ2n) is 6.42. The zero-order valence-corrected chi connectivity index (χ0v) is 14.9. The van der Waals surface area contributed by atoms with Gasteiger partial charge in [-0.05, 0) is 37.6 Å². The summed E-state index contributed by atoms with van der Waals surface area (Å²) in [7, 11) is 0. The molecule has 0 spiro atoms. The van der Waals surface area contributed by atoms with E-state index < -0.39 is 0 Å². The molecule has 2 aromatic carbocycles. The highest BCUT2D eigenvalue weighted by atomic mass is 16.5. The topological polar surface area (TPSA) is 47.4 Å². The fourth-order valence-electron chi connectivity index (χ4n) is 3.30. The number of amides is 1. The first-order valence-corrected chi connectivity index (χ1v) is 8.86. The molecule has 3 aromatic rings. The quantitative estimate of drug-likeness (QED) is 0.719. The first-order chi connectivity index (χ1) is 12.7. The molecule has 0 saturated carbocycles. The molecule has 1 amide bonds. The van der Waals surface area contributed by atoms with E-state index >= 15 is 0 Å². The predicted octanol–water partition coefficient (Wildman–Crippen LogP) is 4.00. The van der Waals surface area contributed by atoms with E-state index in [4.69, 9.17) is 4.74 Å². The molecular weight excluding hydrogens is 326 g/mol. The minimum absolute atomic E-state index is 0.00155. The van der Waals surface area contributed by atoms with Crippen LogP contribution in [-0.4, -0.2) is 28.3 Å². The molecule has 0 unspecified atom stereocenters. The van der Waals surface area contributed by atoms with Crippen LogP contribution < -0.4 is 9.64 Å². The molecule has 0 aliphatic carbocycles. The SMILES string of the molecule is CC[C@@H]1CN(C(=O)c2cnn(-c3ccccc3)c2C)c2ccccc2O1. The summed E-state index contributed by atoms with van der Waals surface area (Å²) >= 11 is 0. The van der Waals surface area contributed by atoms with Crippen LogP contribution >= 0.6 is 0 Å². The number of ether oxygens (including phenoxy) is 1. The number of hydrogen-bond donors (Lipinski definition) is 0. The molecule has 1 aromatic heterocycles. The fraction of sp³-hybridized carbons (Fsp3) is 0.238. The van der Waals surface area contributed by atoms with E-state index in [1.54, 1.807) is 10.9 Å². The molecule has 1 aliphatic rings. The average Bonchev–Trinajstić information content (AvgIpc) is 3.08. The van der Waals surface area contributed by atoms with E-state index in [-0.39, 0.29) is 12.0 Å². The predicted molar refractivity (Wildman–Crippen MR) is 101 cm³/mol. The number of fused-ring (bicyclic) bond motifs is 1. The van der Waals surface area contributed by atoms with Crippen LogP contribution in [0.2, 0.25) is 0 Å². The average molecular weight is 347 g/mol. The highest BCUT2D eigenvalue weighted by molar-refractivity contribution is 6.07. The lowest BCUT2D eigenvalue weighted by molar-refractivity contribution is 0.0954. The molecule has 0 saturated heterocycles. The number of nitrogens with zero attached hydrogens (tertiary/aromatic N) is 3. The monoisotopic (exact) mass is 347 g/mol. The Morgan fingerprint density at radius 2 is 1.88 bits per heavy atom. The van der Waals surface area contributed by atoms with Crippen LogP contribution in [0.3, 0.4) is 0 Å². The third-order valence-electron chi connectivity index (χ3n) is 4.78. The van der Waals surface area contributed by atoms with Gasteiger partial charge < -0.3 is 9.64 Å². The van der Waals surface area contributed by atoms with Gasteiger partial charge in [0.2, 0.25) is 0 Å². The van der Waals surface area contributed by atoms with E-state index in [0.29, 0.717) is 12.1 Å². The summed E-state index contributed by atoms with van der Waals surface area (Å²) in [5.74, 6) is 0.714. The standard InChI is InChI=1S/C21H21N3O2/c1-3-17-14-23(19-11-7-8-12-20(19)26-17)21(25)18-13-22-24(15(18)2)16-9-5-4-6-10-16/h4-13,17H,3,14H2,1-2H3/t17-/m1/s1. The fourth-order valence-corrected chi connectivity index (χ4v) is 3.30. The molecule has 0 bridgehead atoms. The lowest BCUT2D eigenvalue weighted by Crippen LogP contribution is -2.43. The largest absolute Gasteiger partial charge is 0.486 e. The van der Waals surface area contributed by atoms with Crippen LogP contribution in [0.1, 0.15) is 29.4 Å². The summed E-state index contributed by atoms with van der Waals surface area (Å²) in [6.07, 6.45) is 2.50. The number of anilines is 1. The van der Waals surface area contributed by atoms with Gasteiger partial charge in [-0.25, -0.2) is 4.68 Å². The maximum absolute atomic E-state index is 13.3. The molecule has 4 rings (SSSR count). The van der Waals surface area contributed by atoms with Gasteiger partial charge in [-0.15, -0.1) is 0 Å². The molecule has 132 valence electrons. The third kappa shape index (κ3) is 2.75. The van der Waals surface area contributed by atoms with Gasteiger partial charge in [-0.1, -0.05) is 37.3 Å². The molecule has 0 fully saturated rings. The smallest absolute Gasteiger partial charge is 0.261 e. The Labute approximate surface area is 152 Å². The molecule has 1 aliphatic heterocycles. The van der Waals surface area contributed by atoms with E-state index in [1.165, 1.54) is 0 Å². The van der Waals surface area contributed by atoms with E-state index in [9.17, 15) is 4.79 Å². The number of para-hydroxylation sites is 3. The van der Waals surface area contributed by atoms with Crippen LogP contribution in [0, 0.1) is 6.92 Å². The maximum atomic E-state index is 13.3. The van der Waals surface area contributed by atoms with Crippen LogP contribution in [0.5, 0.6) is 5.75 Å². The van der Waals surface area contributed by atoms with Crippen molar-refractivity contribution < 1.29 is 9.53 Å². The van der Waals surface area contributed by atoms with Crippen LogP contribution in [0.25, 0.3) is 5.69 Å². The second kappa shape index (κ2) is 6.67. The minimum atomic E-state index is -0.0427. The molecule has 1 atom stereocenters. The summed E-state index contributed by atoms with van der Waals surface area (Å²) in [4.78, 5) is 15.1. The Kier molecular flexibility index (Phi) is 4.21. The lowest BCUT2D eigenvalue weighted by atomic mass is 10.1. The molecule has 0 N–H and O–H groups in total. The molecule has 26 heavy (non-hydrogen) atoms. The van der Waals surface area contributed by atoms with Gasteiger partial charge in [0, 0.05) is 0 Å². The first-order valence-electron chi connectivity index (χ1n) is 8.86. The van der Waals surface area contributed by atoms with Crippen molar-refractivity contribution in [3.63, 3.8) is 0 Å². The number of carbonyl (C=O) groups is 1. The lowest BCUT2D eigenvalue weighted by Gasteiger charge is -2.34. The highest BCUT2D eigenvalue weighted by Crippen LogP contribution is 2.35. The normalized spacial score (nSPS) is 16.1. The number of hydrogen-bond acceptors (Lipinski definition) is 3. The summed E-state index contributed by atoms with van der Waals surface area (Å²) in [6.45, 7) is 4.54. The molecule has 5 heteroatoms.